The molecule has 0 aromatic heterocycles. The SMILES string of the molecule is COCC(C)S(=O)(=O)c1ccccc1F. The van der Waals surface area contributed by atoms with Gasteiger partial charge in [0.2, 0.25) is 0 Å². The van der Waals surface area contributed by atoms with Crippen LogP contribution < -0.4 is 0 Å². The number of sulfone groups is 1. The lowest BCUT2D eigenvalue weighted by Crippen LogP contribution is -2.23. The second-order valence-corrected chi connectivity index (χ2v) is 5.58. The molecule has 1 aromatic rings. The van der Waals surface area contributed by atoms with Gasteiger partial charge in [-0.1, -0.05) is 12.1 Å². The van der Waals surface area contributed by atoms with Crippen molar-refractivity contribution in [2.45, 2.75) is 17.1 Å². The second-order valence-electron chi connectivity index (χ2n) is 3.24. The highest BCUT2D eigenvalue weighted by molar-refractivity contribution is 7.92. The topological polar surface area (TPSA) is 43.4 Å². The van der Waals surface area contributed by atoms with E-state index in [0.717, 1.165) is 6.07 Å². The molecule has 0 radical (unpaired) electrons. The average Bonchev–Trinajstić information content (AvgIpc) is 2.18. The van der Waals surface area contributed by atoms with Crippen LogP contribution in [0.1, 0.15) is 6.92 Å². The molecule has 0 aliphatic heterocycles. The van der Waals surface area contributed by atoms with Crippen LogP contribution in [0.2, 0.25) is 0 Å². The molecule has 1 aromatic carbocycles. The molecule has 0 saturated carbocycles. The van der Waals surface area contributed by atoms with Gasteiger partial charge in [-0.2, -0.15) is 0 Å². The van der Waals surface area contributed by atoms with Crippen LogP contribution in [0.15, 0.2) is 29.2 Å². The third kappa shape index (κ3) is 2.54. The number of halogens is 1. The number of benzene rings is 1. The number of rotatable bonds is 4. The van der Waals surface area contributed by atoms with Crippen molar-refractivity contribution in [3.8, 4) is 0 Å². The van der Waals surface area contributed by atoms with E-state index in [1.807, 2.05) is 0 Å². The Morgan fingerprint density at radius 2 is 2.00 bits per heavy atom. The van der Waals surface area contributed by atoms with Crippen molar-refractivity contribution in [2.75, 3.05) is 13.7 Å². The monoisotopic (exact) mass is 232 g/mol. The summed E-state index contributed by atoms with van der Waals surface area (Å²) >= 11 is 0. The lowest BCUT2D eigenvalue weighted by atomic mass is 10.3. The van der Waals surface area contributed by atoms with E-state index >= 15 is 0 Å². The van der Waals surface area contributed by atoms with Crippen LogP contribution >= 0.6 is 0 Å². The van der Waals surface area contributed by atoms with Gasteiger partial charge in [-0.3, -0.25) is 0 Å². The summed E-state index contributed by atoms with van der Waals surface area (Å²) < 4.78 is 41.7. The van der Waals surface area contributed by atoms with E-state index in [4.69, 9.17) is 4.74 Å². The van der Waals surface area contributed by atoms with Crippen LogP contribution in [0, 0.1) is 5.82 Å². The van der Waals surface area contributed by atoms with Gasteiger partial charge in [-0.25, -0.2) is 12.8 Å². The second kappa shape index (κ2) is 4.72. The summed E-state index contributed by atoms with van der Waals surface area (Å²) in [7, 11) is -2.22. The predicted octanol–water partition coefficient (Wildman–Crippen LogP) is 1.63. The van der Waals surface area contributed by atoms with Gasteiger partial charge in [-0.05, 0) is 19.1 Å². The molecule has 1 atom stereocenters. The smallest absolute Gasteiger partial charge is 0.186 e. The fourth-order valence-corrected chi connectivity index (χ4v) is 2.57. The van der Waals surface area contributed by atoms with Gasteiger partial charge in [0, 0.05) is 7.11 Å². The molecule has 84 valence electrons. The maximum Gasteiger partial charge on any atom is 0.186 e. The third-order valence-corrected chi connectivity index (χ3v) is 4.21. The van der Waals surface area contributed by atoms with Gasteiger partial charge in [0.25, 0.3) is 0 Å². The van der Waals surface area contributed by atoms with E-state index < -0.39 is 20.9 Å². The van der Waals surface area contributed by atoms with Crippen molar-refractivity contribution in [1.29, 1.82) is 0 Å². The number of methoxy groups -OCH3 is 1. The van der Waals surface area contributed by atoms with Crippen LogP contribution in [0.4, 0.5) is 4.39 Å². The highest BCUT2D eigenvalue weighted by Crippen LogP contribution is 2.19. The van der Waals surface area contributed by atoms with E-state index in [9.17, 15) is 12.8 Å². The molecule has 0 bridgehead atoms. The Morgan fingerprint density at radius 1 is 1.40 bits per heavy atom. The Bertz CT molecular complexity index is 428. The standard InChI is InChI=1S/C10H13FO3S/c1-8(7-14-2)15(12,13)10-6-4-3-5-9(10)11/h3-6,8H,7H2,1-2H3. The largest absolute Gasteiger partial charge is 0.383 e. The minimum atomic E-state index is -3.63. The summed E-state index contributed by atoms with van der Waals surface area (Å²) in [5.41, 5.74) is 0. The Balaban J connectivity index is 3.12. The van der Waals surface area contributed by atoms with E-state index in [0.29, 0.717) is 0 Å². The normalized spacial score (nSPS) is 13.8. The molecule has 1 unspecified atom stereocenters. The fraction of sp³-hybridized carbons (Fsp3) is 0.400. The molecule has 0 spiro atoms. The van der Waals surface area contributed by atoms with Gasteiger partial charge in [0.1, 0.15) is 10.7 Å². The molecule has 1 rings (SSSR count). The first kappa shape index (κ1) is 12.1. The van der Waals surface area contributed by atoms with Gasteiger partial charge < -0.3 is 4.74 Å². The summed E-state index contributed by atoms with van der Waals surface area (Å²) in [6.45, 7) is 1.54. The third-order valence-electron chi connectivity index (χ3n) is 2.07. The summed E-state index contributed by atoms with van der Waals surface area (Å²) in [5.74, 6) is -0.722. The average molecular weight is 232 g/mol. The summed E-state index contributed by atoms with van der Waals surface area (Å²) in [6, 6.07) is 5.34. The van der Waals surface area contributed by atoms with Crippen LogP contribution in [0.3, 0.4) is 0 Å². The Labute approximate surface area is 88.8 Å². The van der Waals surface area contributed by atoms with Crippen molar-refractivity contribution >= 4 is 9.84 Å². The van der Waals surface area contributed by atoms with Crippen molar-refractivity contribution < 1.29 is 17.5 Å². The first-order valence-electron chi connectivity index (χ1n) is 4.47. The van der Waals surface area contributed by atoms with Crippen molar-refractivity contribution in [3.05, 3.63) is 30.1 Å². The molecule has 0 aliphatic carbocycles. The highest BCUT2D eigenvalue weighted by Gasteiger charge is 2.25. The molecule has 5 heteroatoms. The highest BCUT2D eigenvalue weighted by atomic mass is 32.2. The molecule has 0 fully saturated rings. The van der Waals surface area contributed by atoms with Gasteiger partial charge in [0.15, 0.2) is 9.84 Å². The fourth-order valence-electron chi connectivity index (χ4n) is 1.22. The van der Waals surface area contributed by atoms with Crippen molar-refractivity contribution in [1.82, 2.24) is 0 Å². The molecule has 0 aliphatic rings. The zero-order chi connectivity index (χ0) is 11.5. The van der Waals surface area contributed by atoms with Crippen molar-refractivity contribution in [3.63, 3.8) is 0 Å². The number of hydrogen-bond donors (Lipinski definition) is 0. The van der Waals surface area contributed by atoms with Gasteiger partial charge >= 0.3 is 0 Å². The first-order chi connectivity index (χ1) is 7.00. The molecule has 0 heterocycles. The molecular formula is C10H13FO3S. The van der Waals surface area contributed by atoms with E-state index in [1.165, 1.54) is 32.2 Å². The Kier molecular flexibility index (Phi) is 3.82. The van der Waals surface area contributed by atoms with Crippen LogP contribution in [0.5, 0.6) is 0 Å². The zero-order valence-electron chi connectivity index (χ0n) is 8.60. The molecular weight excluding hydrogens is 219 g/mol. The summed E-state index contributed by atoms with van der Waals surface area (Å²) in [4.78, 5) is -0.269. The Hall–Kier alpha value is -0.940. The number of hydrogen-bond acceptors (Lipinski definition) is 3. The van der Waals surface area contributed by atoms with Crippen LogP contribution in [-0.2, 0) is 14.6 Å². The Morgan fingerprint density at radius 3 is 2.53 bits per heavy atom. The van der Waals surface area contributed by atoms with E-state index in [2.05, 4.69) is 0 Å². The minimum Gasteiger partial charge on any atom is -0.383 e. The maximum absolute atomic E-state index is 13.3. The van der Waals surface area contributed by atoms with Crippen LogP contribution in [0.25, 0.3) is 0 Å². The van der Waals surface area contributed by atoms with Crippen molar-refractivity contribution in [2.24, 2.45) is 0 Å². The van der Waals surface area contributed by atoms with Gasteiger partial charge in [-0.15, -0.1) is 0 Å². The molecule has 3 nitrogen and oxygen atoms in total. The predicted molar refractivity (Wildman–Crippen MR) is 54.9 cm³/mol. The molecule has 0 saturated heterocycles. The maximum atomic E-state index is 13.3. The van der Waals surface area contributed by atoms with E-state index in [-0.39, 0.29) is 11.5 Å². The minimum absolute atomic E-state index is 0.0522. The lowest BCUT2D eigenvalue weighted by Gasteiger charge is -2.12. The number of ether oxygens (including phenoxy) is 1. The molecule has 0 N–H and O–H groups in total. The summed E-state index contributed by atoms with van der Waals surface area (Å²) in [5, 5.41) is -0.751. The first-order valence-corrected chi connectivity index (χ1v) is 6.02. The van der Waals surface area contributed by atoms with Crippen LogP contribution in [-0.4, -0.2) is 27.4 Å². The van der Waals surface area contributed by atoms with Gasteiger partial charge in [0.05, 0.1) is 11.9 Å². The zero-order valence-corrected chi connectivity index (χ0v) is 9.42. The summed E-state index contributed by atoms with van der Waals surface area (Å²) in [6.07, 6.45) is 0. The molecule has 15 heavy (non-hydrogen) atoms. The molecule has 0 amide bonds. The van der Waals surface area contributed by atoms with E-state index in [1.54, 1.807) is 0 Å². The quantitative estimate of drug-likeness (QED) is 0.792. The lowest BCUT2D eigenvalue weighted by molar-refractivity contribution is 0.200.